The minimum Gasteiger partial charge on any atom is -0.489 e. The van der Waals surface area contributed by atoms with Crippen molar-refractivity contribution in [2.75, 3.05) is 51.9 Å². The number of rotatable bonds is 16. The van der Waals surface area contributed by atoms with Crippen molar-refractivity contribution < 1.29 is 50.2 Å². The maximum Gasteiger partial charge on any atom is 0.306 e. The number of nitrogens with zero attached hydrogens (tertiary/aromatic N) is 3. The molecule has 0 radical (unpaired) electrons. The Morgan fingerprint density at radius 3 is 1.40 bits per heavy atom. The molecule has 1 amide bonds. The molecular weight excluding hydrogens is 897 g/mol. The first-order chi connectivity index (χ1) is 31.9. The maximum absolute atomic E-state index is 13.2. The number of fused-ring (bicyclic) bond motifs is 2. The van der Waals surface area contributed by atoms with Gasteiger partial charge in [0.2, 0.25) is 5.91 Å². The Balaban J connectivity index is 0.000000200. The molecule has 0 bridgehead atoms. The first kappa shape index (κ1) is 48.5. The molecule has 15 nitrogen and oxygen atoms in total. The van der Waals surface area contributed by atoms with E-state index in [0.717, 1.165) is 44.3 Å². The van der Waals surface area contributed by atoms with E-state index in [1.54, 1.807) is 36.4 Å². The maximum atomic E-state index is 13.2. The standard InChI is InChI=1S/C26H28N2O6S.C24H26N2O5S/c1-18-12-20(23-6-4-5-7-24(23)27-18)14-34-21-8-10-22(11-9-21)35(31,32)17-26(13-25(30)33-3)15-28(16-26)19(2)29;1-17-11-18(21-5-3-4-6-22(21)26-17)13-31-19-7-9-20(10-8-19)32(28,29)16-24(14-25-15-24)12-23(27)30-2/h4-12H,13-17H2,1-3H3;3-11,25H,12-16H2,1-2H3. The summed E-state index contributed by atoms with van der Waals surface area (Å²) in [5.41, 5.74) is 4.15. The number of hydrogen-bond donors (Lipinski definition) is 1. The number of nitrogens with one attached hydrogen (secondary N) is 1. The Labute approximate surface area is 390 Å². The molecule has 2 saturated heterocycles. The van der Waals surface area contributed by atoms with E-state index in [2.05, 4.69) is 15.3 Å². The lowest BCUT2D eigenvalue weighted by Gasteiger charge is -2.49. The molecule has 67 heavy (non-hydrogen) atoms. The van der Waals surface area contributed by atoms with E-state index < -0.39 is 42.4 Å². The summed E-state index contributed by atoms with van der Waals surface area (Å²) in [6, 6.07) is 32.4. The second kappa shape index (κ2) is 20.2. The van der Waals surface area contributed by atoms with Crippen molar-refractivity contribution in [2.45, 2.75) is 56.6 Å². The van der Waals surface area contributed by atoms with Crippen molar-refractivity contribution in [2.24, 2.45) is 10.8 Å². The Kier molecular flexibility index (Phi) is 14.6. The van der Waals surface area contributed by atoms with Crippen LogP contribution in [0.3, 0.4) is 0 Å². The monoisotopic (exact) mass is 950 g/mol. The molecule has 4 heterocycles. The molecule has 17 heteroatoms. The molecule has 2 aromatic heterocycles. The molecule has 0 unspecified atom stereocenters. The Morgan fingerprint density at radius 1 is 0.612 bits per heavy atom. The van der Waals surface area contributed by atoms with E-state index in [-0.39, 0.29) is 53.1 Å². The summed E-state index contributed by atoms with van der Waals surface area (Å²) < 4.78 is 73.6. The van der Waals surface area contributed by atoms with E-state index in [1.165, 1.54) is 38.2 Å². The van der Waals surface area contributed by atoms with Gasteiger partial charge >= 0.3 is 11.9 Å². The fourth-order valence-electron chi connectivity index (χ4n) is 8.56. The molecule has 6 aromatic rings. The number of para-hydroxylation sites is 2. The van der Waals surface area contributed by atoms with Crippen LogP contribution in [0.4, 0.5) is 0 Å². The molecule has 0 aliphatic carbocycles. The fraction of sp³-hybridized carbons (Fsp3) is 0.340. The van der Waals surface area contributed by atoms with E-state index in [0.29, 0.717) is 37.8 Å². The lowest BCUT2D eigenvalue weighted by Crippen LogP contribution is -2.61. The molecule has 352 valence electrons. The highest BCUT2D eigenvalue weighted by Crippen LogP contribution is 2.38. The molecular formula is C50H54N4O11S2. The second-order valence-corrected chi connectivity index (χ2v) is 21.4. The van der Waals surface area contributed by atoms with Crippen LogP contribution in [0.15, 0.2) is 119 Å². The quantitative estimate of drug-likeness (QED) is 0.105. The summed E-state index contributed by atoms with van der Waals surface area (Å²) in [7, 11) is -4.70. The second-order valence-electron chi connectivity index (χ2n) is 17.4. The molecule has 8 rings (SSSR count). The van der Waals surface area contributed by atoms with Crippen LogP contribution >= 0.6 is 0 Å². The van der Waals surface area contributed by atoms with E-state index in [4.69, 9.17) is 18.9 Å². The number of aryl methyl sites for hydroxylation is 2. The van der Waals surface area contributed by atoms with Gasteiger partial charge in [0, 0.05) is 77.2 Å². The molecule has 0 spiro atoms. The van der Waals surface area contributed by atoms with Crippen LogP contribution in [0.2, 0.25) is 0 Å². The number of carbonyl (C=O) groups is 3. The number of pyridine rings is 2. The minimum absolute atomic E-state index is 0.0625. The molecule has 2 fully saturated rings. The number of benzene rings is 4. The van der Waals surface area contributed by atoms with Gasteiger partial charge in [0.25, 0.3) is 0 Å². The lowest BCUT2D eigenvalue weighted by molar-refractivity contribution is -0.152. The van der Waals surface area contributed by atoms with Crippen LogP contribution in [0.5, 0.6) is 11.5 Å². The molecule has 0 atom stereocenters. The Bertz CT molecular complexity index is 3010. The van der Waals surface area contributed by atoms with Gasteiger partial charge < -0.3 is 29.2 Å². The predicted octanol–water partition coefficient (Wildman–Crippen LogP) is 6.36. The molecule has 4 aromatic carbocycles. The average Bonchev–Trinajstić information content (AvgIpc) is 3.28. The highest BCUT2D eigenvalue weighted by atomic mass is 32.2. The summed E-state index contributed by atoms with van der Waals surface area (Å²) in [5, 5.41) is 5.10. The van der Waals surface area contributed by atoms with Crippen LogP contribution < -0.4 is 14.8 Å². The van der Waals surface area contributed by atoms with Crippen LogP contribution in [0.25, 0.3) is 21.8 Å². The van der Waals surface area contributed by atoms with Crippen molar-refractivity contribution in [3.63, 3.8) is 0 Å². The highest BCUT2D eigenvalue weighted by Gasteiger charge is 2.49. The highest BCUT2D eigenvalue weighted by molar-refractivity contribution is 7.91. The summed E-state index contributed by atoms with van der Waals surface area (Å²) in [4.78, 5) is 46.2. The van der Waals surface area contributed by atoms with Crippen LogP contribution in [-0.4, -0.2) is 101 Å². The Morgan fingerprint density at radius 2 is 1.01 bits per heavy atom. The van der Waals surface area contributed by atoms with Crippen molar-refractivity contribution in [1.29, 1.82) is 0 Å². The number of carbonyl (C=O) groups excluding carboxylic acids is 3. The van der Waals surface area contributed by atoms with Crippen molar-refractivity contribution in [3.05, 3.63) is 132 Å². The number of likely N-dealkylation sites (tertiary alicyclic amines) is 1. The van der Waals surface area contributed by atoms with Gasteiger partial charge in [-0.2, -0.15) is 0 Å². The summed E-state index contributed by atoms with van der Waals surface area (Å²) >= 11 is 0. The number of sulfone groups is 2. The van der Waals surface area contributed by atoms with E-state index in [1.807, 2.05) is 74.5 Å². The van der Waals surface area contributed by atoms with Gasteiger partial charge in [-0.25, -0.2) is 16.8 Å². The largest absolute Gasteiger partial charge is 0.489 e. The van der Waals surface area contributed by atoms with Gasteiger partial charge in [0.15, 0.2) is 19.7 Å². The normalized spacial score (nSPS) is 15.0. The predicted molar refractivity (Wildman–Crippen MR) is 252 cm³/mol. The lowest BCUT2D eigenvalue weighted by atomic mass is 9.78. The zero-order valence-electron chi connectivity index (χ0n) is 38.1. The third-order valence-electron chi connectivity index (χ3n) is 12.0. The smallest absolute Gasteiger partial charge is 0.306 e. The molecule has 1 N–H and O–H groups in total. The van der Waals surface area contributed by atoms with Crippen molar-refractivity contribution in [3.8, 4) is 11.5 Å². The number of amides is 1. The van der Waals surface area contributed by atoms with Gasteiger partial charge in [-0.3, -0.25) is 24.4 Å². The number of ether oxygens (including phenoxy) is 4. The first-order valence-electron chi connectivity index (χ1n) is 21.6. The third-order valence-corrected chi connectivity index (χ3v) is 16.0. The van der Waals surface area contributed by atoms with Crippen LogP contribution in [0.1, 0.15) is 42.3 Å². The van der Waals surface area contributed by atoms with Gasteiger partial charge in [-0.05, 0) is 86.6 Å². The summed E-state index contributed by atoms with van der Waals surface area (Å²) in [6.45, 7) is 7.33. The Hall–Kier alpha value is -6.43. The van der Waals surface area contributed by atoms with Crippen molar-refractivity contribution >= 4 is 59.3 Å². The van der Waals surface area contributed by atoms with Crippen LogP contribution in [0, 0.1) is 24.7 Å². The molecule has 2 aliphatic heterocycles. The molecule has 2 aliphatic rings. The van der Waals surface area contributed by atoms with Gasteiger partial charge in [0.1, 0.15) is 24.7 Å². The minimum atomic E-state index is -3.71. The zero-order chi connectivity index (χ0) is 48.0. The first-order valence-corrected chi connectivity index (χ1v) is 24.9. The van der Waals surface area contributed by atoms with Gasteiger partial charge in [0.05, 0.1) is 59.4 Å². The van der Waals surface area contributed by atoms with E-state index >= 15 is 0 Å². The topological polar surface area (TPSA) is 197 Å². The van der Waals surface area contributed by atoms with E-state index in [9.17, 15) is 31.2 Å². The van der Waals surface area contributed by atoms with Crippen LogP contribution in [-0.2, 0) is 56.7 Å². The SMILES string of the molecule is COC(=O)CC1(CS(=O)(=O)c2ccc(OCc3cc(C)nc4ccccc34)cc2)CN(C(C)=O)C1.COC(=O)CC1(CS(=O)(=O)c2ccc(OCc3cc(C)nc4ccccc34)cc2)CNC1. The van der Waals surface area contributed by atoms with Crippen molar-refractivity contribution in [1.82, 2.24) is 20.2 Å². The van der Waals surface area contributed by atoms with Gasteiger partial charge in [-0.1, -0.05) is 36.4 Å². The summed E-state index contributed by atoms with van der Waals surface area (Å²) in [5.74, 6) is -0.279. The number of esters is 2. The number of methoxy groups -OCH3 is 2. The summed E-state index contributed by atoms with van der Waals surface area (Å²) in [6.07, 6.45) is 0.0171. The average molecular weight is 951 g/mol. The number of aromatic nitrogens is 2. The molecule has 0 saturated carbocycles. The fourth-order valence-corrected chi connectivity index (χ4v) is 12.2. The zero-order valence-corrected chi connectivity index (χ0v) is 39.7. The third kappa shape index (κ3) is 11.8. The van der Waals surface area contributed by atoms with Gasteiger partial charge in [-0.15, -0.1) is 0 Å². The number of hydrogen-bond acceptors (Lipinski definition) is 14.